The lowest BCUT2D eigenvalue weighted by molar-refractivity contribution is -0.118. The Balaban J connectivity index is 1.55. The second-order valence-electron chi connectivity index (χ2n) is 6.73. The predicted molar refractivity (Wildman–Crippen MR) is 105 cm³/mol. The van der Waals surface area contributed by atoms with Gasteiger partial charge in [0.05, 0.1) is 17.6 Å². The van der Waals surface area contributed by atoms with E-state index in [2.05, 4.69) is 10.3 Å². The van der Waals surface area contributed by atoms with Crippen LogP contribution < -0.4 is 5.32 Å². The first kappa shape index (κ1) is 17.6. The van der Waals surface area contributed by atoms with E-state index in [1.54, 1.807) is 31.2 Å². The van der Waals surface area contributed by atoms with Crippen molar-refractivity contribution in [2.24, 2.45) is 0 Å². The second kappa shape index (κ2) is 6.74. The van der Waals surface area contributed by atoms with Gasteiger partial charge in [-0.2, -0.15) is 0 Å². The zero-order chi connectivity index (χ0) is 19.0. The molecule has 0 radical (unpaired) electrons. The lowest BCUT2D eigenvalue weighted by Gasteiger charge is -2.15. The minimum absolute atomic E-state index is 0.0488. The van der Waals surface area contributed by atoms with Crippen molar-refractivity contribution in [1.82, 2.24) is 4.98 Å². The molecule has 1 fully saturated rings. The van der Waals surface area contributed by atoms with Gasteiger partial charge in [0.1, 0.15) is 0 Å². The lowest BCUT2D eigenvalue weighted by Crippen LogP contribution is -2.27. The molecule has 5 nitrogen and oxygen atoms in total. The fraction of sp³-hybridized carbons (Fsp3) is 0.238. The molecule has 0 bridgehead atoms. The molecule has 2 N–H and O–H groups in total. The normalized spacial score (nSPS) is 14.7. The number of fused-ring (bicyclic) bond motifs is 1. The van der Waals surface area contributed by atoms with Crippen LogP contribution in [0.2, 0.25) is 5.02 Å². The molecule has 138 valence electrons. The van der Waals surface area contributed by atoms with Gasteiger partial charge in [0.2, 0.25) is 5.91 Å². The van der Waals surface area contributed by atoms with E-state index in [1.807, 2.05) is 24.4 Å². The van der Waals surface area contributed by atoms with Crippen molar-refractivity contribution in [3.63, 3.8) is 0 Å². The maximum absolute atomic E-state index is 13.0. The number of aromatic amines is 1. The number of carbonyl (C=O) groups excluding carboxylic acids is 2. The van der Waals surface area contributed by atoms with Gasteiger partial charge in [-0.25, -0.2) is 4.79 Å². The monoisotopic (exact) mass is 382 g/mol. The molecule has 4 rings (SSSR count). The lowest BCUT2D eigenvalue weighted by atomic mass is 9.94. The van der Waals surface area contributed by atoms with Crippen LogP contribution in [0.1, 0.15) is 35.7 Å². The molecular formula is C21H19ClN2O3. The number of amides is 1. The Morgan fingerprint density at radius 2 is 1.93 bits per heavy atom. The van der Waals surface area contributed by atoms with E-state index >= 15 is 0 Å². The first-order valence-corrected chi connectivity index (χ1v) is 9.27. The molecule has 3 aromatic rings. The highest BCUT2D eigenvalue weighted by molar-refractivity contribution is 6.31. The molecule has 0 unspecified atom stereocenters. The van der Waals surface area contributed by atoms with Crippen molar-refractivity contribution in [2.75, 3.05) is 11.9 Å². The minimum Gasteiger partial charge on any atom is -0.462 e. The summed E-state index contributed by atoms with van der Waals surface area (Å²) in [5.74, 6) is -0.419. The number of anilines is 1. The highest BCUT2D eigenvalue weighted by Crippen LogP contribution is 2.51. The van der Waals surface area contributed by atoms with Gasteiger partial charge in [0.25, 0.3) is 0 Å². The molecule has 0 atom stereocenters. The summed E-state index contributed by atoms with van der Waals surface area (Å²) in [5.41, 5.74) is 2.51. The zero-order valence-corrected chi connectivity index (χ0v) is 15.6. The van der Waals surface area contributed by atoms with Crippen LogP contribution in [0.15, 0.2) is 48.7 Å². The van der Waals surface area contributed by atoms with E-state index < -0.39 is 5.41 Å². The molecule has 2 aromatic carbocycles. The Labute approximate surface area is 161 Å². The van der Waals surface area contributed by atoms with E-state index in [4.69, 9.17) is 16.3 Å². The number of hydrogen-bond acceptors (Lipinski definition) is 3. The molecule has 27 heavy (non-hydrogen) atoms. The molecule has 1 amide bonds. The largest absolute Gasteiger partial charge is 0.462 e. The van der Waals surface area contributed by atoms with Crippen LogP contribution in [0.5, 0.6) is 0 Å². The third kappa shape index (κ3) is 3.19. The standard InChI is InChI=1S/C21H19ClN2O3/c1-2-27-19(25)13-3-6-15(7-4-13)24-20(26)21(9-10-21)17-12-23-18-8-5-14(22)11-16(17)18/h3-8,11-12,23H,2,9-10H2,1H3,(H,24,26). The number of hydrogen-bond donors (Lipinski definition) is 2. The molecule has 1 aliphatic rings. The topological polar surface area (TPSA) is 71.2 Å². The van der Waals surface area contributed by atoms with Crippen molar-refractivity contribution < 1.29 is 14.3 Å². The summed E-state index contributed by atoms with van der Waals surface area (Å²) in [6.07, 6.45) is 3.48. The Bertz CT molecular complexity index is 1020. The summed E-state index contributed by atoms with van der Waals surface area (Å²) in [6.45, 7) is 2.09. The summed E-state index contributed by atoms with van der Waals surface area (Å²) in [6, 6.07) is 12.4. The first-order valence-electron chi connectivity index (χ1n) is 8.89. The number of carbonyl (C=O) groups is 2. The average molecular weight is 383 g/mol. The molecule has 0 saturated heterocycles. The third-order valence-electron chi connectivity index (χ3n) is 5.00. The Morgan fingerprint density at radius 3 is 2.59 bits per heavy atom. The SMILES string of the molecule is CCOC(=O)c1ccc(NC(=O)C2(c3c[nH]c4ccc(Cl)cc34)CC2)cc1. The van der Waals surface area contributed by atoms with Gasteiger partial charge in [-0.3, -0.25) is 4.79 Å². The third-order valence-corrected chi connectivity index (χ3v) is 5.23. The van der Waals surface area contributed by atoms with Gasteiger partial charge in [-0.1, -0.05) is 11.6 Å². The smallest absolute Gasteiger partial charge is 0.338 e. The molecule has 1 aliphatic carbocycles. The van der Waals surface area contributed by atoms with Crippen LogP contribution in [-0.2, 0) is 14.9 Å². The van der Waals surface area contributed by atoms with Crippen LogP contribution in [-0.4, -0.2) is 23.5 Å². The van der Waals surface area contributed by atoms with Gasteiger partial charge in [0.15, 0.2) is 0 Å². The van der Waals surface area contributed by atoms with E-state index in [0.29, 0.717) is 22.9 Å². The quantitative estimate of drug-likeness (QED) is 0.630. The second-order valence-corrected chi connectivity index (χ2v) is 7.16. The van der Waals surface area contributed by atoms with Crippen LogP contribution in [0.4, 0.5) is 5.69 Å². The molecule has 1 aromatic heterocycles. The van der Waals surface area contributed by atoms with Gasteiger partial charge < -0.3 is 15.0 Å². The van der Waals surface area contributed by atoms with E-state index in [1.165, 1.54) is 0 Å². The number of nitrogens with one attached hydrogen (secondary N) is 2. The molecule has 6 heteroatoms. The number of halogens is 1. The summed E-state index contributed by atoms with van der Waals surface area (Å²) in [4.78, 5) is 27.9. The molecular weight excluding hydrogens is 364 g/mol. The summed E-state index contributed by atoms with van der Waals surface area (Å²) >= 11 is 6.14. The highest BCUT2D eigenvalue weighted by atomic mass is 35.5. The van der Waals surface area contributed by atoms with Gasteiger partial charge in [-0.05, 0) is 67.8 Å². The van der Waals surface area contributed by atoms with Crippen LogP contribution >= 0.6 is 11.6 Å². The molecule has 0 aliphatic heterocycles. The number of H-pyrrole nitrogens is 1. The van der Waals surface area contributed by atoms with Crippen LogP contribution in [0, 0.1) is 0 Å². The number of benzene rings is 2. The molecule has 1 heterocycles. The minimum atomic E-state index is -0.539. The maximum atomic E-state index is 13.0. The van der Waals surface area contributed by atoms with Crippen molar-refractivity contribution in [3.8, 4) is 0 Å². The highest BCUT2D eigenvalue weighted by Gasteiger charge is 2.52. The number of rotatable bonds is 5. The predicted octanol–water partition coefficient (Wildman–Crippen LogP) is 4.67. The Kier molecular flexibility index (Phi) is 4.40. The summed E-state index contributed by atoms with van der Waals surface area (Å²) in [7, 11) is 0. The van der Waals surface area contributed by atoms with Gasteiger partial charge in [0, 0.05) is 27.8 Å². The zero-order valence-electron chi connectivity index (χ0n) is 14.8. The van der Waals surface area contributed by atoms with E-state index in [9.17, 15) is 9.59 Å². The summed E-state index contributed by atoms with van der Waals surface area (Å²) in [5, 5.41) is 4.60. The average Bonchev–Trinajstić information content (AvgIpc) is 3.36. The molecule has 0 spiro atoms. The molecule has 1 saturated carbocycles. The Morgan fingerprint density at radius 1 is 1.19 bits per heavy atom. The first-order chi connectivity index (χ1) is 13.0. The maximum Gasteiger partial charge on any atom is 0.338 e. The van der Waals surface area contributed by atoms with Crippen molar-refractivity contribution in [1.29, 1.82) is 0 Å². The Hall–Kier alpha value is -2.79. The van der Waals surface area contributed by atoms with Crippen LogP contribution in [0.3, 0.4) is 0 Å². The van der Waals surface area contributed by atoms with Gasteiger partial charge in [-0.15, -0.1) is 0 Å². The van der Waals surface area contributed by atoms with Crippen molar-refractivity contribution in [2.45, 2.75) is 25.2 Å². The van der Waals surface area contributed by atoms with Crippen LogP contribution in [0.25, 0.3) is 10.9 Å². The van der Waals surface area contributed by atoms with Crippen molar-refractivity contribution in [3.05, 3.63) is 64.8 Å². The number of esters is 1. The van der Waals surface area contributed by atoms with E-state index in [-0.39, 0.29) is 11.9 Å². The van der Waals surface area contributed by atoms with Gasteiger partial charge >= 0.3 is 5.97 Å². The fourth-order valence-electron chi connectivity index (χ4n) is 3.39. The van der Waals surface area contributed by atoms with E-state index in [0.717, 1.165) is 29.3 Å². The van der Waals surface area contributed by atoms with Crippen molar-refractivity contribution >= 4 is 40.1 Å². The summed E-state index contributed by atoms with van der Waals surface area (Å²) < 4.78 is 4.97. The number of aromatic nitrogens is 1. The fourth-order valence-corrected chi connectivity index (χ4v) is 3.56. The number of ether oxygens (including phenoxy) is 1.